The maximum Gasteiger partial charge on any atom is 0.0964 e. The molecule has 0 aliphatic carbocycles. The summed E-state index contributed by atoms with van der Waals surface area (Å²) in [5, 5.41) is 11.5. The molecule has 1 N–H and O–H groups in total. The van der Waals surface area contributed by atoms with Crippen molar-refractivity contribution >= 4 is 0 Å². The van der Waals surface area contributed by atoms with Crippen molar-refractivity contribution in [1.29, 1.82) is 0 Å². The Morgan fingerprint density at radius 1 is 1.62 bits per heavy atom. The second kappa shape index (κ2) is 4.51. The van der Waals surface area contributed by atoms with Crippen molar-refractivity contribution < 1.29 is 4.74 Å². The first-order valence-corrected chi connectivity index (χ1v) is 5.78. The minimum atomic E-state index is -0.00170. The summed E-state index contributed by atoms with van der Waals surface area (Å²) in [4.78, 5) is 0. The first-order chi connectivity index (χ1) is 7.55. The van der Waals surface area contributed by atoms with Crippen LogP contribution in [0.4, 0.5) is 0 Å². The number of hydrogen-bond acceptors (Lipinski definition) is 4. The molecule has 16 heavy (non-hydrogen) atoms. The highest BCUT2D eigenvalue weighted by atomic mass is 16.5. The summed E-state index contributed by atoms with van der Waals surface area (Å²) in [6.45, 7) is 5.91. The van der Waals surface area contributed by atoms with E-state index in [0.29, 0.717) is 6.04 Å². The van der Waals surface area contributed by atoms with E-state index in [4.69, 9.17) is 4.74 Å². The second-order valence-electron chi connectivity index (χ2n) is 5.06. The monoisotopic (exact) mass is 224 g/mol. The highest BCUT2D eigenvalue weighted by Crippen LogP contribution is 2.23. The fourth-order valence-electron chi connectivity index (χ4n) is 2.13. The molecule has 90 valence electrons. The predicted octanol–water partition coefficient (Wildman–Crippen LogP) is 0.862. The maximum absolute atomic E-state index is 5.68. The van der Waals surface area contributed by atoms with Crippen LogP contribution in [0, 0.1) is 0 Å². The van der Waals surface area contributed by atoms with Gasteiger partial charge in [0.05, 0.1) is 11.3 Å². The van der Waals surface area contributed by atoms with E-state index in [0.717, 1.165) is 31.7 Å². The third-order valence-corrected chi connectivity index (χ3v) is 2.92. The van der Waals surface area contributed by atoms with Gasteiger partial charge in [0, 0.05) is 32.4 Å². The average Bonchev–Trinajstić information content (AvgIpc) is 2.60. The van der Waals surface area contributed by atoms with Crippen molar-refractivity contribution in [3.8, 4) is 0 Å². The molecule has 1 fully saturated rings. The van der Waals surface area contributed by atoms with Gasteiger partial charge < -0.3 is 10.1 Å². The Morgan fingerprint density at radius 3 is 3.06 bits per heavy atom. The molecule has 0 saturated carbocycles. The van der Waals surface area contributed by atoms with Crippen molar-refractivity contribution in [2.45, 2.75) is 44.9 Å². The summed E-state index contributed by atoms with van der Waals surface area (Å²) in [6.07, 6.45) is 4.06. The molecule has 5 nitrogen and oxygen atoms in total. The van der Waals surface area contributed by atoms with Crippen LogP contribution in [0.5, 0.6) is 0 Å². The molecule has 2 rings (SSSR count). The van der Waals surface area contributed by atoms with E-state index < -0.39 is 0 Å². The number of nitrogens with zero attached hydrogens (tertiary/aromatic N) is 3. The van der Waals surface area contributed by atoms with Gasteiger partial charge in [-0.05, 0) is 26.7 Å². The Bertz CT molecular complexity index is 348. The molecule has 1 saturated heterocycles. The number of hydrogen-bond donors (Lipinski definition) is 1. The van der Waals surface area contributed by atoms with Crippen molar-refractivity contribution in [3.63, 3.8) is 0 Å². The van der Waals surface area contributed by atoms with Crippen LogP contribution in [0.25, 0.3) is 0 Å². The number of aryl methyl sites for hydroxylation is 1. The molecule has 0 bridgehead atoms. The minimum Gasteiger partial charge on any atom is -0.375 e. The summed E-state index contributed by atoms with van der Waals surface area (Å²) in [6, 6.07) is 0.519. The molecule has 0 radical (unpaired) electrons. The summed E-state index contributed by atoms with van der Waals surface area (Å²) in [5.41, 5.74) is 0.991. The molecule has 1 aliphatic heterocycles. The van der Waals surface area contributed by atoms with E-state index in [1.54, 1.807) is 4.68 Å². The van der Waals surface area contributed by atoms with Crippen LogP contribution in [0.2, 0.25) is 0 Å². The lowest BCUT2D eigenvalue weighted by Gasteiger charge is -2.35. The van der Waals surface area contributed by atoms with E-state index in [9.17, 15) is 0 Å². The Kier molecular flexibility index (Phi) is 3.25. The minimum absolute atomic E-state index is 0.00170. The molecule has 0 aromatic carbocycles. The van der Waals surface area contributed by atoms with Crippen LogP contribution in [-0.2, 0) is 18.3 Å². The molecule has 2 heterocycles. The molecule has 1 atom stereocenters. The number of ether oxygens (including phenoxy) is 1. The third kappa shape index (κ3) is 3.02. The predicted molar refractivity (Wildman–Crippen MR) is 60.9 cm³/mol. The first kappa shape index (κ1) is 11.5. The van der Waals surface area contributed by atoms with Gasteiger partial charge in [-0.3, -0.25) is 4.68 Å². The highest BCUT2D eigenvalue weighted by molar-refractivity contribution is 4.93. The molecule has 0 spiro atoms. The Labute approximate surface area is 96.2 Å². The normalized spacial score (nSPS) is 24.6. The molecule has 5 heteroatoms. The van der Waals surface area contributed by atoms with Crippen LogP contribution in [-0.4, -0.2) is 33.2 Å². The third-order valence-electron chi connectivity index (χ3n) is 2.92. The van der Waals surface area contributed by atoms with Crippen LogP contribution >= 0.6 is 0 Å². The average molecular weight is 224 g/mol. The summed E-state index contributed by atoms with van der Waals surface area (Å²) in [5.74, 6) is 0. The van der Waals surface area contributed by atoms with Crippen LogP contribution in [0.15, 0.2) is 6.20 Å². The van der Waals surface area contributed by atoms with Gasteiger partial charge in [-0.25, -0.2) is 0 Å². The van der Waals surface area contributed by atoms with Crippen molar-refractivity contribution in [3.05, 3.63) is 11.9 Å². The van der Waals surface area contributed by atoms with Gasteiger partial charge in [0.1, 0.15) is 0 Å². The Balaban J connectivity index is 1.82. The Morgan fingerprint density at radius 2 is 2.44 bits per heavy atom. The van der Waals surface area contributed by atoms with Gasteiger partial charge in [-0.15, -0.1) is 5.10 Å². The van der Waals surface area contributed by atoms with Gasteiger partial charge in [0.25, 0.3) is 0 Å². The summed E-state index contributed by atoms with van der Waals surface area (Å²) in [7, 11) is 1.88. The van der Waals surface area contributed by atoms with E-state index >= 15 is 0 Å². The molecular formula is C11H20N4O. The van der Waals surface area contributed by atoms with E-state index in [-0.39, 0.29) is 5.60 Å². The lowest BCUT2D eigenvalue weighted by molar-refractivity contribution is -0.0631. The molecule has 0 amide bonds. The van der Waals surface area contributed by atoms with Gasteiger partial charge in [-0.2, -0.15) is 0 Å². The van der Waals surface area contributed by atoms with Crippen molar-refractivity contribution in [2.75, 3.05) is 6.61 Å². The van der Waals surface area contributed by atoms with Crippen LogP contribution in [0.3, 0.4) is 0 Å². The van der Waals surface area contributed by atoms with Gasteiger partial charge in [0.15, 0.2) is 0 Å². The zero-order valence-electron chi connectivity index (χ0n) is 10.2. The topological polar surface area (TPSA) is 52.0 Å². The van der Waals surface area contributed by atoms with Crippen molar-refractivity contribution in [1.82, 2.24) is 20.3 Å². The van der Waals surface area contributed by atoms with Crippen molar-refractivity contribution in [2.24, 2.45) is 7.05 Å². The van der Waals surface area contributed by atoms with E-state index in [2.05, 4.69) is 29.5 Å². The summed E-state index contributed by atoms with van der Waals surface area (Å²) >= 11 is 0. The SMILES string of the molecule is Cn1cc(CNC2CCOC(C)(C)C2)nn1. The van der Waals surface area contributed by atoms with Crippen LogP contribution in [0.1, 0.15) is 32.4 Å². The zero-order chi connectivity index (χ0) is 11.6. The van der Waals surface area contributed by atoms with Gasteiger partial charge >= 0.3 is 0 Å². The highest BCUT2D eigenvalue weighted by Gasteiger charge is 2.28. The smallest absolute Gasteiger partial charge is 0.0964 e. The second-order valence-corrected chi connectivity index (χ2v) is 5.06. The zero-order valence-corrected chi connectivity index (χ0v) is 10.2. The van der Waals surface area contributed by atoms with Gasteiger partial charge in [0.2, 0.25) is 0 Å². The quantitative estimate of drug-likeness (QED) is 0.827. The molecule has 1 unspecified atom stereocenters. The number of aromatic nitrogens is 3. The standard InChI is InChI=1S/C11H20N4O/c1-11(2)6-9(4-5-16-11)12-7-10-8-15(3)14-13-10/h8-9,12H,4-7H2,1-3H3. The largest absolute Gasteiger partial charge is 0.375 e. The lowest BCUT2D eigenvalue weighted by Crippen LogP contribution is -2.43. The first-order valence-electron chi connectivity index (χ1n) is 5.78. The molecule has 1 aromatic rings. The lowest BCUT2D eigenvalue weighted by atomic mass is 9.94. The fraction of sp³-hybridized carbons (Fsp3) is 0.818. The maximum atomic E-state index is 5.68. The fourth-order valence-corrected chi connectivity index (χ4v) is 2.13. The van der Waals surface area contributed by atoms with E-state index in [1.165, 1.54) is 0 Å². The molecular weight excluding hydrogens is 204 g/mol. The number of rotatable bonds is 3. The molecule has 1 aliphatic rings. The summed E-state index contributed by atoms with van der Waals surface area (Å²) < 4.78 is 7.41. The van der Waals surface area contributed by atoms with Crippen LogP contribution < -0.4 is 5.32 Å². The number of nitrogens with one attached hydrogen (secondary N) is 1. The van der Waals surface area contributed by atoms with Gasteiger partial charge in [-0.1, -0.05) is 5.21 Å². The van der Waals surface area contributed by atoms with E-state index in [1.807, 2.05) is 13.2 Å². The molecule has 1 aromatic heterocycles. The Hall–Kier alpha value is -0.940.